The van der Waals surface area contributed by atoms with Gasteiger partial charge in [-0.15, -0.1) is 0 Å². The van der Waals surface area contributed by atoms with Crippen LogP contribution in [0.2, 0.25) is 5.15 Å². The molecule has 4 rings (SSSR count). The minimum absolute atomic E-state index is 0.0394. The van der Waals surface area contributed by atoms with Crippen molar-refractivity contribution in [2.75, 3.05) is 37.4 Å². The highest BCUT2D eigenvalue weighted by molar-refractivity contribution is 6.33. The van der Waals surface area contributed by atoms with E-state index in [-0.39, 0.29) is 5.91 Å². The van der Waals surface area contributed by atoms with E-state index < -0.39 is 0 Å². The summed E-state index contributed by atoms with van der Waals surface area (Å²) < 4.78 is 5.26. The fourth-order valence-electron chi connectivity index (χ4n) is 3.88. The zero-order valence-corrected chi connectivity index (χ0v) is 21.9. The molecule has 2 N–H and O–H groups in total. The number of nitrogens with zero attached hydrogens (tertiary/aromatic N) is 3. The standard InChI is InChI=1S/C29H30ClN5O2/c1-4-35(5-2)19-25(36)31-22-13-15-23(16-14-22)32-29-26(20-9-7-6-8-10-20)27(30)33-28(34-29)21-11-17-24(37-3)18-12-21/h6-18H,4-5,19H2,1-3H3,(H,31,36)(H,32,33,34). The number of aromatic nitrogens is 2. The SMILES string of the molecule is CCN(CC)CC(=O)Nc1ccc(Nc2nc(-c3ccc(OC)cc3)nc(Cl)c2-c2ccccc2)cc1. The van der Waals surface area contributed by atoms with E-state index in [4.69, 9.17) is 21.3 Å². The second kappa shape index (κ2) is 12.3. The summed E-state index contributed by atoms with van der Waals surface area (Å²) in [5, 5.41) is 6.69. The Kier molecular flexibility index (Phi) is 8.72. The summed E-state index contributed by atoms with van der Waals surface area (Å²) in [6.07, 6.45) is 0. The van der Waals surface area contributed by atoms with Crippen LogP contribution in [0.15, 0.2) is 78.9 Å². The van der Waals surface area contributed by atoms with E-state index in [1.165, 1.54) is 0 Å². The van der Waals surface area contributed by atoms with E-state index in [0.717, 1.165) is 41.3 Å². The second-order valence-corrected chi connectivity index (χ2v) is 8.73. The number of carbonyl (C=O) groups excluding carboxylic acids is 1. The Balaban J connectivity index is 1.62. The van der Waals surface area contributed by atoms with E-state index >= 15 is 0 Å². The highest BCUT2D eigenvalue weighted by Crippen LogP contribution is 2.36. The van der Waals surface area contributed by atoms with Crippen LogP contribution in [-0.4, -0.2) is 47.5 Å². The van der Waals surface area contributed by atoms with Gasteiger partial charge in [-0.3, -0.25) is 9.69 Å². The van der Waals surface area contributed by atoms with E-state index in [2.05, 4.69) is 20.5 Å². The number of nitrogens with one attached hydrogen (secondary N) is 2. The average molecular weight is 516 g/mol. The fourth-order valence-corrected chi connectivity index (χ4v) is 4.16. The Morgan fingerprint density at radius 1 is 0.865 bits per heavy atom. The molecule has 0 unspecified atom stereocenters. The number of hydrogen-bond acceptors (Lipinski definition) is 6. The predicted octanol–water partition coefficient (Wildman–Crippen LogP) is 6.50. The smallest absolute Gasteiger partial charge is 0.238 e. The van der Waals surface area contributed by atoms with Gasteiger partial charge >= 0.3 is 0 Å². The van der Waals surface area contributed by atoms with Gasteiger partial charge in [-0.1, -0.05) is 55.8 Å². The number of carbonyl (C=O) groups is 1. The maximum absolute atomic E-state index is 12.4. The lowest BCUT2D eigenvalue weighted by molar-refractivity contribution is -0.117. The van der Waals surface area contributed by atoms with Crippen LogP contribution in [0, 0.1) is 0 Å². The summed E-state index contributed by atoms with van der Waals surface area (Å²) >= 11 is 6.72. The number of methoxy groups -OCH3 is 1. The molecule has 0 aliphatic carbocycles. The van der Waals surface area contributed by atoms with Gasteiger partial charge in [0.05, 0.1) is 19.2 Å². The zero-order valence-electron chi connectivity index (χ0n) is 21.2. The van der Waals surface area contributed by atoms with Gasteiger partial charge in [0.15, 0.2) is 5.82 Å². The van der Waals surface area contributed by atoms with Crippen LogP contribution in [0.4, 0.5) is 17.2 Å². The Morgan fingerprint density at radius 3 is 2.14 bits per heavy atom. The molecule has 3 aromatic carbocycles. The Morgan fingerprint density at radius 2 is 1.51 bits per heavy atom. The number of benzene rings is 3. The molecule has 0 atom stereocenters. The van der Waals surface area contributed by atoms with Gasteiger partial charge < -0.3 is 15.4 Å². The largest absolute Gasteiger partial charge is 0.497 e. The topological polar surface area (TPSA) is 79.4 Å². The molecule has 1 aromatic heterocycles. The molecule has 0 saturated carbocycles. The van der Waals surface area contributed by atoms with Gasteiger partial charge in [-0.2, -0.15) is 0 Å². The van der Waals surface area contributed by atoms with Gasteiger partial charge in [0.1, 0.15) is 16.7 Å². The van der Waals surface area contributed by atoms with Crippen molar-refractivity contribution in [3.8, 4) is 28.3 Å². The van der Waals surface area contributed by atoms with Crippen molar-refractivity contribution in [1.29, 1.82) is 0 Å². The molecule has 0 spiro atoms. The van der Waals surface area contributed by atoms with Crippen molar-refractivity contribution in [1.82, 2.24) is 14.9 Å². The van der Waals surface area contributed by atoms with Crippen LogP contribution in [-0.2, 0) is 4.79 Å². The van der Waals surface area contributed by atoms with Gasteiger partial charge in [-0.05, 0) is 67.2 Å². The first-order valence-electron chi connectivity index (χ1n) is 12.2. The summed E-state index contributed by atoms with van der Waals surface area (Å²) in [6.45, 7) is 6.11. The molecule has 0 saturated heterocycles. The maximum atomic E-state index is 12.4. The molecule has 0 radical (unpaired) electrons. The quantitative estimate of drug-likeness (QED) is 0.235. The third-order valence-corrected chi connectivity index (χ3v) is 6.24. The lowest BCUT2D eigenvalue weighted by Gasteiger charge is -2.17. The van der Waals surface area contributed by atoms with Crippen molar-refractivity contribution in [3.05, 3.63) is 84.0 Å². The molecular formula is C29H30ClN5O2. The molecule has 37 heavy (non-hydrogen) atoms. The van der Waals surface area contributed by atoms with Crippen molar-refractivity contribution in [3.63, 3.8) is 0 Å². The monoisotopic (exact) mass is 515 g/mol. The molecule has 7 nitrogen and oxygen atoms in total. The van der Waals surface area contributed by atoms with Crippen LogP contribution in [0.1, 0.15) is 13.8 Å². The zero-order chi connectivity index (χ0) is 26.2. The van der Waals surface area contributed by atoms with Crippen molar-refractivity contribution < 1.29 is 9.53 Å². The van der Waals surface area contributed by atoms with Gasteiger partial charge in [0.25, 0.3) is 0 Å². The third kappa shape index (κ3) is 6.64. The molecule has 0 aliphatic rings. The van der Waals surface area contributed by atoms with Crippen LogP contribution >= 0.6 is 11.6 Å². The summed E-state index contributed by atoms with van der Waals surface area (Å²) in [6, 6.07) is 24.8. The Hall–Kier alpha value is -3.94. The fraction of sp³-hybridized carbons (Fsp3) is 0.207. The number of halogens is 1. The van der Waals surface area contributed by atoms with Gasteiger partial charge in [0.2, 0.25) is 5.91 Å². The summed E-state index contributed by atoms with van der Waals surface area (Å²) in [5.41, 5.74) is 3.95. The first-order chi connectivity index (χ1) is 18.0. The number of amides is 1. The maximum Gasteiger partial charge on any atom is 0.238 e. The normalized spacial score (nSPS) is 10.8. The molecule has 190 valence electrons. The molecule has 0 fully saturated rings. The number of hydrogen-bond donors (Lipinski definition) is 2. The van der Waals surface area contributed by atoms with Gasteiger partial charge in [-0.25, -0.2) is 9.97 Å². The van der Waals surface area contributed by atoms with Crippen molar-refractivity contribution in [2.24, 2.45) is 0 Å². The Labute approximate surface area is 222 Å². The lowest BCUT2D eigenvalue weighted by atomic mass is 10.1. The molecule has 1 heterocycles. The van der Waals surface area contributed by atoms with Crippen molar-refractivity contribution in [2.45, 2.75) is 13.8 Å². The highest BCUT2D eigenvalue weighted by Gasteiger charge is 2.17. The van der Waals surface area contributed by atoms with E-state index in [1.807, 2.05) is 92.7 Å². The first kappa shape index (κ1) is 26.1. The number of anilines is 3. The molecule has 0 aliphatic heterocycles. The second-order valence-electron chi connectivity index (χ2n) is 8.37. The van der Waals surface area contributed by atoms with Gasteiger partial charge in [0, 0.05) is 16.9 Å². The van der Waals surface area contributed by atoms with Crippen LogP contribution in [0.25, 0.3) is 22.5 Å². The van der Waals surface area contributed by atoms with Crippen molar-refractivity contribution >= 4 is 34.7 Å². The van der Waals surface area contributed by atoms with E-state index in [9.17, 15) is 4.79 Å². The lowest BCUT2D eigenvalue weighted by Crippen LogP contribution is -2.32. The minimum atomic E-state index is -0.0394. The number of ether oxygens (including phenoxy) is 1. The third-order valence-electron chi connectivity index (χ3n) is 5.97. The molecular weight excluding hydrogens is 486 g/mol. The summed E-state index contributed by atoms with van der Waals surface area (Å²) in [7, 11) is 1.63. The highest BCUT2D eigenvalue weighted by atomic mass is 35.5. The predicted molar refractivity (Wildman–Crippen MR) is 151 cm³/mol. The van der Waals surface area contributed by atoms with E-state index in [1.54, 1.807) is 7.11 Å². The summed E-state index contributed by atoms with van der Waals surface area (Å²) in [5.74, 6) is 1.78. The van der Waals surface area contributed by atoms with E-state index in [0.29, 0.717) is 28.9 Å². The molecule has 4 aromatic rings. The average Bonchev–Trinajstić information content (AvgIpc) is 2.93. The molecule has 1 amide bonds. The summed E-state index contributed by atoms with van der Waals surface area (Å²) in [4.78, 5) is 23.8. The van der Waals surface area contributed by atoms with Crippen LogP contribution < -0.4 is 15.4 Å². The number of rotatable bonds is 10. The number of likely N-dealkylation sites (N-methyl/N-ethyl adjacent to an activating group) is 1. The van der Waals surface area contributed by atoms with Crippen LogP contribution in [0.5, 0.6) is 5.75 Å². The minimum Gasteiger partial charge on any atom is -0.497 e. The molecule has 0 bridgehead atoms. The Bertz CT molecular complexity index is 1330. The van der Waals surface area contributed by atoms with Crippen LogP contribution in [0.3, 0.4) is 0 Å². The first-order valence-corrected chi connectivity index (χ1v) is 12.5. The molecule has 8 heteroatoms.